The van der Waals surface area contributed by atoms with Gasteiger partial charge in [0, 0.05) is 11.9 Å². The monoisotopic (exact) mass is 330 g/mol. The molecule has 10 heteroatoms. The zero-order chi connectivity index (χ0) is 16.8. The number of ether oxygens (including phenoxy) is 1. The fourth-order valence-corrected chi connectivity index (χ4v) is 1.87. The van der Waals surface area contributed by atoms with Gasteiger partial charge >= 0.3 is 12.1 Å². The van der Waals surface area contributed by atoms with Gasteiger partial charge in [-0.15, -0.1) is 11.3 Å². The maximum absolute atomic E-state index is 11.6. The number of carboxylic acids is 1. The molecule has 0 aliphatic rings. The van der Waals surface area contributed by atoms with E-state index in [2.05, 4.69) is 15.5 Å². The van der Waals surface area contributed by atoms with Crippen molar-refractivity contribution in [3.8, 4) is 0 Å². The van der Waals surface area contributed by atoms with Crippen LogP contribution in [0.1, 0.15) is 26.5 Å². The summed E-state index contributed by atoms with van der Waals surface area (Å²) in [6, 6.07) is 0. The summed E-state index contributed by atoms with van der Waals surface area (Å²) in [7, 11) is 0. The topological polar surface area (TPSA) is 136 Å². The van der Waals surface area contributed by atoms with Gasteiger partial charge in [0.25, 0.3) is 0 Å². The Morgan fingerprint density at radius 3 is 2.73 bits per heavy atom. The average molecular weight is 330 g/mol. The predicted molar refractivity (Wildman–Crippen MR) is 81.1 cm³/mol. The molecule has 0 aromatic carbocycles. The number of nitrogens with one attached hydrogen (secondary N) is 1. The normalized spacial score (nSPS) is 11.9. The van der Waals surface area contributed by atoms with E-state index in [0.29, 0.717) is 0 Å². The van der Waals surface area contributed by atoms with Crippen LogP contribution >= 0.6 is 11.3 Å². The van der Waals surface area contributed by atoms with Crippen LogP contribution in [0.25, 0.3) is 0 Å². The van der Waals surface area contributed by atoms with E-state index >= 15 is 0 Å². The van der Waals surface area contributed by atoms with Gasteiger partial charge in [-0.3, -0.25) is 5.32 Å². The van der Waals surface area contributed by atoms with Gasteiger partial charge in [-0.2, -0.15) is 0 Å². The molecule has 122 valence electrons. The zero-order valence-electron chi connectivity index (χ0n) is 12.5. The lowest BCUT2D eigenvalue weighted by Crippen LogP contribution is -2.27. The lowest BCUT2D eigenvalue weighted by atomic mass is 10.2. The molecular formula is C12H18N4O5S. The molecule has 1 aromatic heterocycles. The number of carbonyl (C=O) groups excluding carboxylic acids is 1. The molecule has 0 aliphatic carbocycles. The number of rotatable bonds is 6. The number of nitrogens with zero attached hydrogens (tertiary/aromatic N) is 2. The Hall–Kier alpha value is -2.20. The smallest absolute Gasteiger partial charge is 0.413 e. The third kappa shape index (κ3) is 6.06. The highest BCUT2D eigenvalue weighted by atomic mass is 32.1. The molecule has 1 aromatic rings. The van der Waals surface area contributed by atoms with Gasteiger partial charge in [0.1, 0.15) is 17.9 Å². The number of nitrogens with two attached hydrogens (primary N) is 1. The standard InChI is InChI=1S/C12H18N4O5S/c1-12(2,3)21-11(19)15-10-14-7(6-22-10)8(9(17)18)16-20-5-4-13/h6H,4-5,13H2,1-3H3,(H,17,18)(H,14,15,19)/b16-8-. The number of hydrogen-bond donors (Lipinski definition) is 3. The molecule has 0 unspecified atom stereocenters. The van der Waals surface area contributed by atoms with E-state index in [9.17, 15) is 9.59 Å². The minimum absolute atomic E-state index is 0.0700. The number of carbonyl (C=O) groups is 2. The first-order valence-corrected chi connectivity index (χ1v) is 7.20. The van der Waals surface area contributed by atoms with E-state index in [1.54, 1.807) is 20.8 Å². The summed E-state index contributed by atoms with van der Waals surface area (Å²) in [5, 5.41) is 16.6. The summed E-state index contributed by atoms with van der Waals surface area (Å²) in [6.45, 7) is 5.47. The first kappa shape index (κ1) is 17.9. The number of amides is 1. The van der Waals surface area contributed by atoms with E-state index in [1.807, 2.05) is 0 Å². The van der Waals surface area contributed by atoms with Crippen LogP contribution in [0, 0.1) is 0 Å². The highest BCUT2D eigenvalue weighted by molar-refractivity contribution is 7.14. The number of thiazole rings is 1. The molecule has 0 bridgehead atoms. The van der Waals surface area contributed by atoms with Gasteiger partial charge in [0.05, 0.1) is 0 Å². The summed E-state index contributed by atoms with van der Waals surface area (Å²) in [4.78, 5) is 31.4. The number of aromatic nitrogens is 1. The molecule has 22 heavy (non-hydrogen) atoms. The molecule has 1 heterocycles. The second-order valence-electron chi connectivity index (χ2n) is 5.03. The van der Waals surface area contributed by atoms with Crippen LogP contribution in [0.15, 0.2) is 10.5 Å². The van der Waals surface area contributed by atoms with Crippen molar-refractivity contribution in [2.45, 2.75) is 26.4 Å². The molecular weight excluding hydrogens is 312 g/mol. The first-order valence-electron chi connectivity index (χ1n) is 6.32. The Kier molecular flexibility index (Phi) is 6.25. The Labute approximate surface area is 131 Å². The highest BCUT2D eigenvalue weighted by Crippen LogP contribution is 2.18. The maximum Gasteiger partial charge on any atom is 0.413 e. The molecule has 0 spiro atoms. The summed E-state index contributed by atoms with van der Waals surface area (Å²) in [5.41, 5.74) is 4.27. The van der Waals surface area contributed by atoms with Crippen LogP contribution in [-0.2, 0) is 14.4 Å². The minimum atomic E-state index is -1.30. The van der Waals surface area contributed by atoms with Crippen LogP contribution in [0.2, 0.25) is 0 Å². The summed E-state index contributed by atoms with van der Waals surface area (Å²) >= 11 is 1.04. The van der Waals surface area contributed by atoms with Crippen molar-refractivity contribution in [2.75, 3.05) is 18.5 Å². The largest absolute Gasteiger partial charge is 0.476 e. The fraction of sp³-hybridized carbons (Fsp3) is 0.500. The van der Waals surface area contributed by atoms with Crippen molar-refractivity contribution >= 4 is 34.2 Å². The molecule has 0 fully saturated rings. The molecule has 0 atom stereocenters. The van der Waals surface area contributed by atoms with Gasteiger partial charge in [-0.05, 0) is 20.8 Å². The van der Waals surface area contributed by atoms with E-state index < -0.39 is 17.7 Å². The van der Waals surface area contributed by atoms with Crippen LogP contribution < -0.4 is 11.1 Å². The molecule has 4 N–H and O–H groups in total. The third-order valence-electron chi connectivity index (χ3n) is 1.92. The molecule has 1 amide bonds. The number of oxime groups is 1. The summed E-state index contributed by atoms with van der Waals surface area (Å²) < 4.78 is 5.07. The number of hydrogen-bond acceptors (Lipinski definition) is 8. The average Bonchev–Trinajstić information content (AvgIpc) is 2.79. The Bertz CT molecular complexity index is 564. The maximum atomic E-state index is 11.6. The summed E-state index contributed by atoms with van der Waals surface area (Å²) in [6.07, 6.45) is -0.679. The SMILES string of the molecule is CC(C)(C)OC(=O)Nc1nc(/C(=N/OCCN)C(=O)O)cs1. The van der Waals surface area contributed by atoms with Crippen molar-refractivity contribution in [3.63, 3.8) is 0 Å². The van der Waals surface area contributed by atoms with Crippen LogP contribution in [-0.4, -0.2) is 46.6 Å². The van der Waals surface area contributed by atoms with Gasteiger partial charge in [0.15, 0.2) is 5.13 Å². The predicted octanol–water partition coefficient (Wildman–Crippen LogP) is 1.25. The van der Waals surface area contributed by atoms with Crippen LogP contribution in [0.5, 0.6) is 0 Å². The molecule has 0 aliphatic heterocycles. The summed E-state index contributed by atoms with van der Waals surface area (Å²) in [5.74, 6) is -1.30. The van der Waals surface area contributed by atoms with Gasteiger partial charge in [-0.25, -0.2) is 14.6 Å². The number of carboxylic acid groups (broad SMARTS) is 1. The van der Waals surface area contributed by atoms with Crippen molar-refractivity contribution < 1.29 is 24.3 Å². The van der Waals surface area contributed by atoms with E-state index in [4.69, 9.17) is 20.4 Å². The third-order valence-corrected chi connectivity index (χ3v) is 2.68. The van der Waals surface area contributed by atoms with E-state index in [1.165, 1.54) is 5.38 Å². The molecule has 0 saturated carbocycles. The lowest BCUT2D eigenvalue weighted by Gasteiger charge is -2.18. The molecule has 0 saturated heterocycles. The number of anilines is 1. The van der Waals surface area contributed by atoms with Crippen molar-refractivity contribution in [1.29, 1.82) is 0 Å². The number of aliphatic carboxylic acids is 1. The van der Waals surface area contributed by atoms with Crippen LogP contribution in [0.3, 0.4) is 0 Å². The molecule has 1 rings (SSSR count). The highest BCUT2D eigenvalue weighted by Gasteiger charge is 2.20. The molecule has 0 radical (unpaired) electrons. The second-order valence-corrected chi connectivity index (χ2v) is 5.89. The Balaban J connectivity index is 2.78. The van der Waals surface area contributed by atoms with E-state index in [-0.39, 0.29) is 29.7 Å². The first-order chi connectivity index (χ1) is 10.2. The Morgan fingerprint density at radius 2 is 2.18 bits per heavy atom. The minimum Gasteiger partial charge on any atom is -0.476 e. The van der Waals surface area contributed by atoms with Gasteiger partial charge < -0.3 is 20.4 Å². The van der Waals surface area contributed by atoms with E-state index in [0.717, 1.165) is 11.3 Å². The lowest BCUT2D eigenvalue weighted by molar-refractivity contribution is -0.129. The van der Waals surface area contributed by atoms with Gasteiger partial charge in [0.2, 0.25) is 5.71 Å². The quantitative estimate of drug-likeness (QED) is 0.405. The second kappa shape index (κ2) is 7.71. The van der Waals surface area contributed by atoms with Crippen LogP contribution in [0.4, 0.5) is 9.93 Å². The van der Waals surface area contributed by atoms with Crippen molar-refractivity contribution in [2.24, 2.45) is 10.9 Å². The van der Waals surface area contributed by atoms with Crippen molar-refractivity contribution in [1.82, 2.24) is 4.98 Å². The van der Waals surface area contributed by atoms with Gasteiger partial charge in [-0.1, -0.05) is 5.16 Å². The zero-order valence-corrected chi connectivity index (χ0v) is 13.3. The Morgan fingerprint density at radius 1 is 1.50 bits per heavy atom. The van der Waals surface area contributed by atoms with Crippen molar-refractivity contribution in [3.05, 3.63) is 11.1 Å². The fourth-order valence-electron chi connectivity index (χ4n) is 1.19. The molecule has 9 nitrogen and oxygen atoms in total.